The van der Waals surface area contributed by atoms with E-state index < -0.39 is 11.7 Å². The molecule has 184 valence electrons. The molecule has 0 spiro atoms. The van der Waals surface area contributed by atoms with E-state index >= 15 is 0 Å². The van der Waals surface area contributed by atoms with Crippen molar-refractivity contribution >= 4 is 46.6 Å². The second-order valence-corrected chi connectivity index (χ2v) is 10.4. The van der Waals surface area contributed by atoms with Crippen molar-refractivity contribution < 1.29 is 9.18 Å². The Bertz CT molecular complexity index is 1420. The molecule has 10 heteroatoms. The molecule has 0 atom stereocenters. The third-order valence-electron chi connectivity index (χ3n) is 6.83. The number of nitrogens with zero attached hydrogens (tertiary/aromatic N) is 6. The number of aliphatic imine (C=N–C) groups is 1. The van der Waals surface area contributed by atoms with Crippen LogP contribution in [0, 0.1) is 5.82 Å². The molecule has 3 aromatic rings. The van der Waals surface area contributed by atoms with Crippen molar-refractivity contribution in [3.05, 3.63) is 70.1 Å². The van der Waals surface area contributed by atoms with Gasteiger partial charge in [0.2, 0.25) is 11.9 Å². The molecule has 3 aliphatic rings. The van der Waals surface area contributed by atoms with Crippen molar-refractivity contribution in [3.8, 4) is 0 Å². The summed E-state index contributed by atoms with van der Waals surface area (Å²) in [6, 6.07) is 10.6. The summed E-state index contributed by atoms with van der Waals surface area (Å²) in [7, 11) is 2.13. The monoisotopic (exact) mass is 505 g/mol. The lowest BCUT2D eigenvalue weighted by Crippen LogP contribution is -2.51. The molecular weight excluding hydrogens is 481 g/mol. The van der Waals surface area contributed by atoms with Gasteiger partial charge in [0.15, 0.2) is 5.82 Å². The lowest BCUT2D eigenvalue weighted by atomic mass is 9.78. The Kier molecular flexibility index (Phi) is 5.24. The molecule has 0 aliphatic carbocycles. The summed E-state index contributed by atoms with van der Waals surface area (Å²) >= 11 is 6.29. The zero-order valence-electron chi connectivity index (χ0n) is 20.2. The minimum Gasteiger partial charge on any atom is -0.324 e. The average Bonchev–Trinajstić information content (AvgIpc) is 3.30. The molecule has 0 saturated carbocycles. The van der Waals surface area contributed by atoms with Crippen molar-refractivity contribution in [2.24, 2.45) is 4.99 Å². The van der Waals surface area contributed by atoms with E-state index in [1.54, 1.807) is 11.0 Å². The molecule has 1 aromatic heterocycles. The molecule has 0 fully saturated rings. The quantitative estimate of drug-likeness (QED) is 0.562. The van der Waals surface area contributed by atoms with Crippen LogP contribution in [0.25, 0.3) is 0 Å². The number of hydrogen-bond acceptors (Lipinski definition) is 7. The number of carbonyl (C=O) groups is 1. The predicted octanol–water partition coefficient (Wildman–Crippen LogP) is 4.57. The molecule has 0 unspecified atom stereocenters. The highest BCUT2D eigenvalue weighted by atomic mass is 35.5. The SMILES string of the molecule is CN1Cc2cc(Nc3ncc4c(n3)N3CCN=C3N(c3c(F)cccc3Cl)C4=O)ccc2C(C)(C)C1. The number of benzene rings is 2. The molecule has 8 nitrogen and oxygen atoms in total. The minimum atomic E-state index is -0.603. The Labute approximate surface area is 213 Å². The number of likely N-dealkylation sites (N-methyl/N-ethyl adjacent to an activating group) is 1. The van der Waals surface area contributed by atoms with E-state index in [2.05, 4.69) is 58.2 Å². The molecule has 36 heavy (non-hydrogen) atoms. The second kappa shape index (κ2) is 8.25. The van der Waals surface area contributed by atoms with E-state index in [-0.39, 0.29) is 21.7 Å². The van der Waals surface area contributed by atoms with E-state index in [0.29, 0.717) is 30.8 Å². The topological polar surface area (TPSA) is 77.0 Å². The molecule has 6 rings (SSSR count). The van der Waals surface area contributed by atoms with Gasteiger partial charge in [-0.05, 0) is 42.4 Å². The van der Waals surface area contributed by atoms with Crippen LogP contribution in [-0.4, -0.2) is 53.4 Å². The van der Waals surface area contributed by atoms with Crippen LogP contribution in [0.2, 0.25) is 5.02 Å². The fourth-order valence-corrected chi connectivity index (χ4v) is 5.68. The van der Waals surface area contributed by atoms with Gasteiger partial charge in [-0.25, -0.2) is 14.3 Å². The summed E-state index contributed by atoms with van der Waals surface area (Å²) in [5.41, 5.74) is 3.78. The standard InChI is InChI=1S/C26H25ClFN7O/c1-26(2)14-33(3)13-15-11-16(7-8-18(15)26)31-24-30-12-17-22(32-24)34-10-9-29-25(34)35(23(17)36)21-19(27)5-4-6-20(21)28/h4-8,11-12H,9-10,13-14H2,1-3H3,(H,30,31,32). The third kappa shape index (κ3) is 3.61. The van der Waals surface area contributed by atoms with Crippen molar-refractivity contribution in [2.75, 3.05) is 41.8 Å². The van der Waals surface area contributed by atoms with Crippen LogP contribution in [0.3, 0.4) is 0 Å². The van der Waals surface area contributed by atoms with E-state index in [4.69, 9.17) is 11.6 Å². The van der Waals surface area contributed by atoms with Crippen LogP contribution in [0.15, 0.2) is 47.6 Å². The second-order valence-electron chi connectivity index (χ2n) is 10.0. The van der Waals surface area contributed by atoms with E-state index in [1.165, 1.54) is 34.4 Å². The lowest BCUT2D eigenvalue weighted by Gasteiger charge is -2.38. The zero-order chi connectivity index (χ0) is 25.2. The largest absolute Gasteiger partial charge is 0.324 e. The van der Waals surface area contributed by atoms with Gasteiger partial charge in [0, 0.05) is 36.9 Å². The molecule has 2 aromatic carbocycles. The number of para-hydroxylation sites is 1. The number of fused-ring (bicyclic) bond motifs is 4. The van der Waals surface area contributed by atoms with Crippen LogP contribution >= 0.6 is 11.6 Å². The molecule has 1 amide bonds. The van der Waals surface area contributed by atoms with Crippen molar-refractivity contribution in [1.29, 1.82) is 0 Å². The molecule has 4 heterocycles. The smallest absolute Gasteiger partial charge is 0.270 e. The molecule has 0 saturated heterocycles. The predicted molar refractivity (Wildman–Crippen MR) is 139 cm³/mol. The number of nitrogens with one attached hydrogen (secondary N) is 1. The summed E-state index contributed by atoms with van der Waals surface area (Å²) in [6.07, 6.45) is 1.47. The fraction of sp³-hybridized carbons (Fsp3) is 0.308. The lowest BCUT2D eigenvalue weighted by molar-refractivity contribution is 0.0999. The normalized spacial score (nSPS) is 18.5. The Hall–Kier alpha value is -3.56. The molecule has 0 radical (unpaired) electrons. The first-order valence-corrected chi connectivity index (χ1v) is 12.2. The fourth-order valence-electron chi connectivity index (χ4n) is 5.43. The molecule has 1 N–H and O–H groups in total. The Morgan fingerprint density at radius 3 is 2.83 bits per heavy atom. The van der Waals surface area contributed by atoms with Crippen LogP contribution in [-0.2, 0) is 12.0 Å². The maximum atomic E-state index is 14.7. The molecule has 0 bridgehead atoms. The maximum Gasteiger partial charge on any atom is 0.270 e. The number of carbonyl (C=O) groups excluding carboxylic acids is 1. The number of halogens is 2. The first kappa shape index (κ1) is 22.9. The first-order chi connectivity index (χ1) is 17.2. The summed E-state index contributed by atoms with van der Waals surface area (Å²) in [4.78, 5) is 32.3. The highest BCUT2D eigenvalue weighted by Gasteiger charge is 2.41. The van der Waals surface area contributed by atoms with Gasteiger partial charge in [0.05, 0.1) is 11.6 Å². The Balaban J connectivity index is 1.35. The summed E-state index contributed by atoms with van der Waals surface area (Å²) in [6.45, 7) is 7.34. The summed E-state index contributed by atoms with van der Waals surface area (Å²) in [5, 5.41) is 3.42. The number of amides is 1. The third-order valence-corrected chi connectivity index (χ3v) is 7.14. The van der Waals surface area contributed by atoms with Crippen LogP contribution in [0.1, 0.15) is 35.3 Å². The van der Waals surface area contributed by atoms with Crippen LogP contribution < -0.4 is 15.1 Å². The number of rotatable bonds is 3. The molecule has 3 aliphatic heterocycles. The van der Waals surface area contributed by atoms with Crippen molar-refractivity contribution in [2.45, 2.75) is 25.8 Å². The van der Waals surface area contributed by atoms with E-state index in [9.17, 15) is 9.18 Å². The van der Waals surface area contributed by atoms with E-state index in [1.807, 2.05) is 6.07 Å². The van der Waals surface area contributed by atoms with Crippen LogP contribution in [0.4, 0.5) is 27.5 Å². The Morgan fingerprint density at radius 2 is 2.03 bits per heavy atom. The minimum absolute atomic E-state index is 0.0235. The van der Waals surface area contributed by atoms with Crippen molar-refractivity contribution in [3.63, 3.8) is 0 Å². The molecular formula is C26H25ClFN7O. The highest BCUT2D eigenvalue weighted by molar-refractivity contribution is 6.38. The van der Waals surface area contributed by atoms with Gasteiger partial charge < -0.3 is 10.2 Å². The number of anilines is 4. The number of aromatic nitrogens is 2. The van der Waals surface area contributed by atoms with E-state index in [0.717, 1.165) is 18.8 Å². The van der Waals surface area contributed by atoms with Crippen LogP contribution in [0.5, 0.6) is 0 Å². The van der Waals surface area contributed by atoms with Crippen molar-refractivity contribution in [1.82, 2.24) is 14.9 Å². The van der Waals surface area contributed by atoms with Gasteiger partial charge in [-0.2, -0.15) is 4.98 Å². The number of guanidine groups is 1. The summed E-state index contributed by atoms with van der Waals surface area (Å²) < 4.78 is 14.7. The van der Waals surface area contributed by atoms with Gasteiger partial charge in [0.1, 0.15) is 17.1 Å². The van der Waals surface area contributed by atoms with Gasteiger partial charge in [-0.15, -0.1) is 0 Å². The Morgan fingerprint density at radius 1 is 1.19 bits per heavy atom. The average molecular weight is 506 g/mol. The first-order valence-electron chi connectivity index (χ1n) is 11.8. The maximum absolute atomic E-state index is 14.7. The van der Waals surface area contributed by atoms with Gasteiger partial charge in [-0.1, -0.05) is 37.6 Å². The summed E-state index contributed by atoms with van der Waals surface area (Å²) in [5.74, 6) is 0.0434. The van der Waals surface area contributed by atoms with Gasteiger partial charge in [0.25, 0.3) is 5.91 Å². The highest BCUT2D eigenvalue weighted by Crippen LogP contribution is 2.38. The zero-order valence-corrected chi connectivity index (χ0v) is 21.0. The van der Waals surface area contributed by atoms with Gasteiger partial charge >= 0.3 is 0 Å². The van der Waals surface area contributed by atoms with Gasteiger partial charge in [-0.3, -0.25) is 14.7 Å². The number of hydrogen-bond donors (Lipinski definition) is 1.